The number of halogens is 11. The largest absolute Gasteiger partial charge is 0.459 e. The van der Waals surface area contributed by atoms with Crippen LogP contribution < -0.4 is 0 Å². The first kappa shape index (κ1) is 20.2. The summed E-state index contributed by atoms with van der Waals surface area (Å²) >= 11 is 0. The van der Waals surface area contributed by atoms with Crippen LogP contribution in [0.15, 0.2) is 11.3 Å². The highest BCUT2D eigenvalue weighted by Crippen LogP contribution is 2.51. The number of rotatable bonds is 2. The molecule has 1 saturated heterocycles. The highest BCUT2D eigenvalue weighted by Gasteiger charge is 2.69. The molecular weight excluding hydrogens is 375 g/mol. The summed E-state index contributed by atoms with van der Waals surface area (Å²) in [6.07, 6.45) is -22.6. The van der Waals surface area contributed by atoms with Gasteiger partial charge in [0.25, 0.3) is 0 Å². The van der Waals surface area contributed by atoms with Crippen molar-refractivity contribution in [2.75, 3.05) is 0 Å². The highest BCUT2D eigenvalue weighted by molar-refractivity contribution is 6.04. The molecule has 0 atom stereocenters. The zero-order valence-electron chi connectivity index (χ0n) is 10.8. The lowest BCUT2D eigenvalue weighted by Crippen LogP contribution is -2.50. The Morgan fingerprint density at radius 1 is 0.708 bits per heavy atom. The molecule has 0 spiro atoms. The highest BCUT2D eigenvalue weighted by atomic mass is 19.4. The Bertz CT molecular complexity index is 549. The Morgan fingerprint density at radius 3 is 1.29 bits per heavy atom. The molecule has 138 valence electrons. The predicted molar refractivity (Wildman–Crippen MR) is 51.2 cm³/mol. The van der Waals surface area contributed by atoms with Gasteiger partial charge in [0, 0.05) is 12.8 Å². The summed E-state index contributed by atoms with van der Waals surface area (Å²) in [5, 5.41) is 0. The molecule has 0 aromatic rings. The van der Waals surface area contributed by atoms with Gasteiger partial charge in [0.2, 0.25) is 11.8 Å². The minimum Gasteiger partial charge on any atom is -0.274 e. The minimum absolute atomic E-state index is 1.11. The molecule has 1 aliphatic rings. The van der Waals surface area contributed by atoms with Gasteiger partial charge >= 0.3 is 24.5 Å². The average Bonchev–Trinajstić information content (AvgIpc) is 2.61. The second kappa shape index (κ2) is 5.58. The topological polar surface area (TPSA) is 37.4 Å². The van der Waals surface area contributed by atoms with Crippen LogP contribution in [-0.4, -0.2) is 41.2 Å². The van der Waals surface area contributed by atoms with E-state index in [1.807, 2.05) is 0 Å². The molecule has 1 fully saturated rings. The van der Waals surface area contributed by atoms with Crippen molar-refractivity contribution in [1.29, 1.82) is 0 Å². The third-order valence-electron chi connectivity index (χ3n) is 2.73. The fraction of sp³-hybridized carbons (Fsp3) is 0.600. The normalized spacial score (nSPS) is 17.5. The number of likely N-dealkylation sites (tertiary alicyclic amines) is 1. The summed E-state index contributed by atoms with van der Waals surface area (Å²) in [4.78, 5) is 21.0. The fourth-order valence-corrected chi connectivity index (χ4v) is 1.80. The zero-order valence-corrected chi connectivity index (χ0v) is 10.8. The van der Waals surface area contributed by atoms with Crippen LogP contribution in [0.25, 0.3) is 0 Å². The molecule has 0 radical (unpaired) electrons. The second-order valence-electron chi connectivity index (χ2n) is 4.41. The number of nitrogens with zero attached hydrogens (tertiary/aromatic N) is 1. The van der Waals surface area contributed by atoms with Crippen LogP contribution in [0, 0.1) is 0 Å². The molecule has 1 heterocycles. The van der Waals surface area contributed by atoms with E-state index in [0.29, 0.717) is 0 Å². The average molecular weight is 379 g/mol. The van der Waals surface area contributed by atoms with Crippen molar-refractivity contribution in [2.45, 2.75) is 37.3 Å². The maximum absolute atomic E-state index is 13.4. The molecular formula is C10H4F11NO2. The maximum atomic E-state index is 13.4. The molecule has 0 aromatic carbocycles. The fourth-order valence-electron chi connectivity index (χ4n) is 1.80. The molecule has 2 amide bonds. The van der Waals surface area contributed by atoms with Crippen molar-refractivity contribution < 1.29 is 57.9 Å². The lowest BCUT2D eigenvalue weighted by molar-refractivity contribution is -0.273. The molecule has 0 N–H and O–H groups in total. The molecule has 0 saturated carbocycles. The second-order valence-corrected chi connectivity index (χ2v) is 4.41. The van der Waals surface area contributed by atoms with Gasteiger partial charge in [0.05, 0.1) is 0 Å². The Balaban J connectivity index is 3.94. The van der Waals surface area contributed by atoms with Crippen molar-refractivity contribution in [3.8, 4) is 0 Å². The van der Waals surface area contributed by atoms with Gasteiger partial charge in [-0.05, 0) is 0 Å². The van der Waals surface area contributed by atoms with Crippen LogP contribution in [0.5, 0.6) is 0 Å². The van der Waals surface area contributed by atoms with Crippen LogP contribution >= 0.6 is 0 Å². The van der Waals surface area contributed by atoms with Crippen LogP contribution in [0.1, 0.15) is 12.8 Å². The maximum Gasteiger partial charge on any atom is 0.459 e. The van der Waals surface area contributed by atoms with Crippen LogP contribution in [0.3, 0.4) is 0 Å². The van der Waals surface area contributed by atoms with Crippen molar-refractivity contribution in [2.24, 2.45) is 0 Å². The van der Waals surface area contributed by atoms with Gasteiger partial charge < -0.3 is 0 Å². The number of carbonyl (C=O) groups excluding carboxylic acids is 2. The summed E-state index contributed by atoms with van der Waals surface area (Å²) in [7, 11) is 0. The van der Waals surface area contributed by atoms with Gasteiger partial charge in [0.15, 0.2) is 5.57 Å². The van der Waals surface area contributed by atoms with E-state index in [1.54, 1.807) is 0 Å². The van der Waals surface area contributed by atoms with Gasteiger partial charge in [-0.1, -0.05) is 0 Å². The molecule has 1 aliphatic heterocycles. The number of allylic oxidation sites excluding steroid dienone is 2. The lowest BCUT2D eigenvalue weighted by Gasteiger charge is -2.31. The molecule has 24 heavy (non-hydrogen) atoms. The van der Waals surface area contributed by atoms with E-state index in [1.165, 1.54) is 0 Å². The Hall–Kier alpha value is -1.89. The first-order valence-electron chi connectivity index (χ1n) is 5.61. The first-order valence-corrected chi connectivity index (χ1v) is 5.61. The van der Waals surface area contributed by atoms with Crippen molar-refractivity contribution in [3.63, 3.8) is 0 Å². The van der Waals surface area contributed by atoms with E-state index in [9.17, 15) is 57.9 Å². The number of hydrogen-bond acceptors (Lipinski definition) is 2. The standard InChI is InChI=1S/C10H4F11NO2/c11-7(12,10(19,20)21)6(22-3(23)1-2-4(22)24)5(8(13,14)15)9(16,17)18/h1-2H2. The molecule has 14 heteroatoms. The SMILES string of the molecule is O=C1CCC(=O)N1C(=C(C(F)(F)F)C(F)(F)F)C(F)(F)C(F)(F)F. The third-order valence-corrected chi connectivity index (χ3v) is 2.73. The van der Waals surface area contributed by atoms with Gasteiger partial charge in [-0.15, -0.1) is 0 Å². The first-order chi connectivity index (χ1) is 10.4. The number of alkyl halides is 11. The zero-order chi connectivity index (χ0) is 19.3. The summed E-state index contributed by atoms with van der Waals surface area (Å²) in [6, 6.07) is 0. The summed E-state index contributed by atoms with van der Waals surface area (Å²) in [6.45, 7) is 0. The molecule has 0 aliphatic carbocycles. The van der Waals surface area contributed by atoms with Crippen molar-refractivity contribution in [3.05, 3.63) is 11.3 Å². The van der Waals surface area contributed by atoms with E-state index in [4.69, 9.17) is 0 Å². The van der Waals surface area contributed by atoms with Gasteiger partial charge in [-0.2, -0.15) is 48.3 Å². The summed E-state index contributed by atoms with van der Waals surface area (Å²) < 4.78 is 139. The van der Waals surface area contributed by atoms with E-state index < -0.39 is 65.3 Å². The van der Waals surface area contributed by atoms with Crippen LogP contribution in [0.2, 0.25) is 0 Å². The Kier molecular flexibility index (Phi) is 4.69. The molecule has 0 aromatic heterocycles. The predicted octanol–water partition coefficient (Wildman–Crippen LogP) is 3.71. The molecule has 0 bridgehead atoms. The number of amides is 2. The Morgan fingerprint density at radius 2 is 1.04 bits per heavy atom. The quantitative estimate of drug-likeness (QED) is 0.542. The van der Waals surface area contributed by atoms with Gasteiger partial charge in [0.1, 0.15) is 5.70 Å². The number of carbonyl (C=O) groups is 2. The van der Waals surface area contributed by atoms with Crippen LogP contribution in [0.4, 0.5) is 48.3 Å². The number of imide groups is 1. The molecule has 3 nitrogen and oxygen atoms in total. The van der Waals surface area contributed by atoms with Crippen molar-refractivity contribution in [1.82, 2.24) is 4.90 Å². The number of hydrogen-bond donors (Lipinski definition) is 0. The smallest absolute Gasteiger partial charge is 0.274 e. The van der Waals surface area contributed by atoms with E-state index in [0.717, 1.165) is 0 Å². The van der Waals surface area contributed by atoms with E-state index >= 15 is 0 Å². The third kappa shape index (κ3) is 3.45. The lowest BCUT2D eigenvalue weighted by atomic mass is 10.1. The van der Waals surface area contributed by atoms with Crippen LogP contribution in [-0.2, 0) is 9.59 Å². The molecule has 1 rings (SSSR count). The van der Waals surface area contributed by atoms with E-state index in [-0.39, 0.29) is 0 Å². The summed E-state index contributed by atoms with van der Waals surface area (Å²) in [5.41, 5.74) is -8.07. The Labute approximate surface area is 124 Å². The van der Waals surface area contributed by atoms with Gasteiger partial charge in [-0.25, -0.2) is 4.90 Å². The monoisotopic (exact) mass is 379 g/mol. The van der Waals surface area contributed by atoms with E-state index in [2.05, 4.69) is 0 Å². The molecule has 0 unspecified atom stereocenters. The summed E-state index contributed by atoms with van der Waals surface area (Å²) in [5.74, 6) is -10.8. The minimum atomic E-state index is -6.92. The van der Waals surface area contributed by atoms with Gasteiger partial charge in [-0.3, -0.25) is 9.59 Å². The van der Waals surface area contributed by atoms with Crippen molar-refractivity contribution >= 4 is 11.8 Å².